The van der Waals surface area contributed by atoms with Gasteiger partial charge < -0.3 is 0 Å². The van der Waals surface area contributed by atoms with E-state index in [2.05, 4.69) is 12.2 Å². The second-order valence-electron chi connectivity index (χ2n) is 8.39. The molecule has 5 rings (SSSR count). The number of amides is 2. The highest BCUT2D eigenvalue weighted by Crippen LogP contribution is 2.58. The zero-order chi connectivity index (χ0) is 18.0. The van der Waals surface area contributed by atoms with E-state index < -0.39 is 0 Å². The smallest absolute Gasteiger partial charge is 0.238 e. The zero-order valence-corrected chi connectivity index (χ0v) is 15.5. The number of nitrogens with zero attached hydrogens (tertiary/aromatic N) is 1. The van der Waals surface area contributed by atoms with Crippen molar-refractivity contribution in [2.45, 2.75) is 46.0 Å². The van der Waals surface area contributed by atoms with Crippen molar-refractivity contribution in [3.05, 3.63) is 52.6 Å². The maximum atomic E-state index is 13.3. The minimum Gasteiger partial charge on any atom is -0.274 e. The molecular weight excluding hydrogens is 322 g/mol. The van der Waals surface area contributed by atoms with Crippen LogP contribution in [0.3, 0.4) is 0 Å². The molecule has 2 bridgehead atoms. The van der Waals surface area contributed by atoms with Crippen molar-refractivity contribution in [3.8, 4) is 0 Å². The lowest BCUT2D eigenvalue weighted by molar-refractivity contribution is -0.122. The van der Waals surface area contributed by atoms with E-state index in [1.165, 1.54) is 35.3 Å². The van der Waals surface area contributed by atoms with Crippen molar-refractivity contribution < 1.29 is 9.59 Å². The molecule has 4 aliphatic rings. The van der Waals surface area contributed by atoms with Crippen molar-refractivity contribution in [2.24, 2.45) is 23.7 Å². The van der Waals surface area contributed by atoms with Crippen LogP contribution >= 0.6 is 0 Å². The highest BCUT2D eigenvalue weighted by atomic mass is 16.2. The summed E-state index contributed by atoms with van der Waals surface area (Å²) in [5, 5.41) is 0. The van der Waals surface area contributed by atoms with Gasteiger partial charge in [0.05, 0.1) is 17.5 Å². The van der Waals surface area contributed by atoms with Crippen molar-refractivity contribution in [1.82, 2.24) is 0 Å². The molecule has 0 unspecified atom stereocenters. The maximum Gasteiger partial charge on any atom is 0.238 e. The van der Waals surface area contributed by atoms with Crippen LogP contribution in [0.1, 0.15) is 43.2 Å². The second-order valence-corrected chi connectivity index (χ2v) is 8.39. The lowest BCUT2D eigenvalue weighted by atomic mass is 9.85. The molecule has 1 aromatic rings. The molecule has 4 atom stereocenters. The summed E-state index contributed by atoms with van der Waals surface area (Å²) >= 11 is 0. The fraction of sp³-hybridized carbons (Fsp3) is 0.478. The minimum absolute atomic E-state index is 0.00834. The maximum absolute atomic E-state index is 13.3. The van der Waals surface area contributed by atoms with E-state index in [0.29, 0.717) is 0 Å². The predicted molar refractivity (Wildman–Crippen MR) is 102 cm³/mol. The van der Waals surface area contributed by atoms with Crippen LogP contribution < -0.4 is 4.90 Å². The van der Waals surface area contributed by atoms with E-state index in [1.54, 1.807) is 5.57 Å². The molecule has 1 saturated heterocycles. The zero-order valence-electron chi connectivity index (χ0n) is 15.5. The van der Waals surface area contributed by atoms with Gasteiger partial charge in [-0.05, 0) is 62.8 Å². The third-order valence-electron chi connectivity index (χ3n) is 7.03. The van der Waals surface area contributed by atoms with Gasteiger partial charge in [0.1, 0.15) is 0 Å². The molecular formula is C23H25NO2. The molecule has 0 radical (unpaired) electrons. The molecule has 0 aromatic heterocycles. The Morgan fingerprint density at radius 1 is 0.846 bits per heavy atom. The first-order valence-electron chi connectivity index (χ1n) is 9.93. The standard InChI is InChI=1S/C23H25NO2/c1-13-8-9-16(12-14(13)2)24-22(25)20-17-10-11-18(21(20)23(24)26)19(17)15-6-4-3-5-7-15/h8-12,17-18,20-21H,3-7H2,1-2H3/t17-,18+,20-,21-/m1/s1. The predicted octanol–water partition coefficient (Wildman–Crippen LogP) is 4.49. The van der Waals surface area contributed by atoms with Crippen LogP contribution in [0, 0.1) is 37.5 Å². The summed E-state index contributed by atoms with van der Waals surface area (Å²) in [5.41, 5.74) is 6.01. The first-order valence-corrected chi connectivity index (χ1v) is 9.93. The summed E-state index contributed by atoms with van der Waals surface area (Å²) < 4.78 is 0. The third kappa shape index (κ3) is 2.06. The van der Waals surface area contributed by atoms with Crippen LogP contribution in [0.2, 0.25) is 0 Å². The lowest BCUT2D eigenvalue weighted by Gasteiger charge is -2.23. The van der Waals surface area contributed by atoms with E-state index in [1.807, 2.05) is 32.0 Å². The number of benzene rings is 1. The van der Waals surface area contributed by atoms with Crippen LogP contribution in [0.5, 0.6) is 0 Å². The molecule has 1 heterocycles. The number of imide groups is 1. The molecule has 1 aliphatic heterocycles. The fourth-order valence-electron chi connectivity index (χ4n) is 5.62. The number of fused-ring (bicyclic) bond motifs is 5. The number of allylic oxidation sites excluding steroid dienone is 4. The van der Waals surface area contributed by atoms with Crippen LogP contribution in [0.4, 0.5) is 5.69 Å². The van der Waals surface area contributed by atoms with Crippen LogP contribution in [0.15, 0.2) is 41.5 Å². The average Bonchev–Trinajstić information content (AvgIpc) is 3.28. The minimum atomic E-state index is -0.177. The summed E-state index contributed by atoms with van der Waals surface area (Å²) in [5.74, 6) is -0.0210. The molecule has 0 spiro atoms. The van der Waals surface area contributed by atoms with Crippen molar-refractivity contribution >= 4 is 17.5 Å². The Morgan fingerprint density at radius 2 is 1.46 bits per heavy atom. The van der Waals surface area contributed by atoms with Gasteiger partial charge in [-0.3, -0.25) is 9.59 Å². The molecule has 3 fully saturated rings. The summed E-state index contributed by atoms with van der Waals surface area (Å²) in [4.78, 5) is 28.0. The van der Waals surface area contributed by atoms with Gasteiger partial charge in [-0.25, -0.2) is 4.90 Å². The highest BCUT2D eigenvalue weighted by Gasteiger charge is 2.62. The number of carbonyl (C=O) groups excluding carboxylic acids is 2. The third-order valence-corrected chi connectivity index (χ3v) is 7.03. The van der Waals surface area contributed by atoms with Gasteiger partial charge in [-0.2, -0.15) is 0 Å². The number of hydrogen-bond acceptors (Lipinski definition) is 2. The molecule has 2 saturated carbocycles. The van der Waals surface area contributed by atoms with Crippen LogP contribution in [0.25, 0.3) is 0 Å². The quantitative estimate of drug-likeness (QED) is 0.555. The first-order chi connectivity index (χ1) is 12.6. The van der Waals surface area contributed by atoms with Crippen LogP contribution in [-0.4, -0.2) is 11.8 Å². The van der Waals surface area contributed by atoms with E-state index in [9.17, 15) is 9.59 Å². The lowest BCUT2D eigenvalue weighted by Crippen LogP contribution is -2.33. The first kappa shape index (κ1) is 16.0. The number of hydrogen-bond donors (Lipinski definition) is 0. The van der Waals surface area contributed by atoms with Gasteiger partial charge in [0, 0.05) is 11.8 Å². The topological polar surface area (TPSA) is 37.4 Å². The molecule has 3 heteroatoms. The van der Waals surface area contributed by atoms with Crippen molar-refractivity contribution in [1.29, 1.82) is 0 Å². The van der Waals surface area contributed by atoms with E-state index in [4.69, 9.17) is 0 Å². The molecule has 0 N–H and O–H groups in total. The second kappa shape index (κ2) is 5.67. The Balaban J connectivity index is 1.53. The molecule has 26 heavy (non-hydrogen) atoms. The molecule has 1 aromatic carbocycles. The van der Waals surface area contributed by atoms with Gasteiger partial charge >= 0.3 is 0 Å². The summed E-state index contributed by atoms with van der Waals surface area (Å²) in [7, 11) is 0. The summed E-state index contributed by atoms with van der Waals surface area (Å²) in [6.45, 7) is 4.08. The van der Waals surface area contributed by atoms with Gasteiger partial charge in [0.2, 0.25) is 11.8 Å². The van der Waals surface area contributed by atoms with Gasteiger partial charge in [-0.1, -0.05) is 35.8 Å². The fourth-order valence-corrected chi connectivity index (χ4v) is 5.62. The SMILES string of the molecule is Cc1ccc(N2C(=O)[C@H]3[C@H](C2=O)[C@H]2C=C[C@@H]3C2=C2CCCCC2)cc1C. The Labute approximate surface area is 154 Å². The molecule has 3 aliphatic carbocycles. The molecule has 134 valence electrons. The van der Waals surface area contributed by atoms with Crippen LogP contribution in [-0.2, 0) is 9.59 Å². The Morgan fingerprint density at radius 3 is 2.04 bits per heavy atom. The highest BCUT2D eigenvalue weighted by molar-refractivity contribution is 6.23. The molecule has 3 nitrogen and oxygen atoms in total. The largest absolute Gasteiger partial charge is 0.274 e. The van der Waals surface area contributed by atoms with Gasteiger partial charge in [0.15, 0.2) is 0 Å². The summed E-state index contributed by atoms with van der Waals surface area (Å²) in [6.07, 6.45) is 10.6. The number of carbonyl (C=O) groups is 2. The van der Waals surface area contributed by atoms with Gasteiger partial charge in [-0.15, -0.1) is 0 Å². The molecule has 2 amide bonds. The number of rotatable bonds is 1. The van der Waals surface area contributed by atoms with E-state index in [-0.39, 0.29) is 35.5 Å². The summed E-state index contributed by atoms with van der Waals surface area (Å²) in [6, 6.07) is 5.89. The Bertz CT molecular complexity index is 836. The monoisotopic (exact) mass is 347 g/mol. The Kier molecular flexibility index (Phi) is 3.50. The number of aryl methyl sites for hydroxylation is 2. The Hall–Kier alpha value is -2.16. The normalized spacial score (nSPS) is 32.8. The number of anilines is 1. The van der Waals surface area contributed by atoms with Crippen molar-refractivity contribution in [2.75, 3.05) is 4.90 Å². The van der Waals surface area contributed by atoms with Gasteiger partial charge in [0.25, 0.3) is 0 Å². The van der Waals surface area contributed by atoms with E-state index >= 15 is 0 Å². The van der Waals surface area contributed by atoms with Crippen molar-refractivity contribution in [3.63, 3.8) is 0 Å². The average molecular weight is 347 g/mol. The van der Waals surface area contributed by atoms with E-state index in [0.717, 1.165) is 24.1 Å².